The third-order valence-corrected chi connectivity index (χ3v) is 6.00. The van der Waals surface area contributed by atoms with E-state index in [1.807, 2.05) is 0 Å². The van der Waals surface area contributed by atoms with Crippen LogP contribution in [-0.2, 0) is 10.0 Å². The number of halogens is 2. The first-order valence-corrected chi connectivity index (χ1v) is 8.71. The fourth-order valence-electron chi connectivity index (χ4n) is 2.37. The van der Waals surface area contributed by atoms with E-state index in [0.717, 1.165) is 25.7 Å². The molecule has 0 radical (unpaired) electrons. The molecule has 1 fully saturated rings. The van der Waals surface area contributed by atoms with E-state index in [1.54, 1.807) is 6.92 Å². The van der Waals surface area contributed by atoms with Crippen LogP contribution in [0.3, 0.4) is 0 Å². The monoisotopic (exact) mass is 349 g/mol. The Kier molecular flexibility index (Phi) is 4.63. The maximum absolute atomic E-state index is 13.0. The summed E-state index contributed by atoms with van der Waals surface area (Å²) in [7, 11) is -3.56. The second kappa shape index (κ2) is 5.89. The molecule has 106 valence electrons. The molecule has 1 N–H and O–H groups in total. The van der Waals surface area contributed by atoms with Crippen molar-refractivity contribution < 1.29 is 12.8 Å². The van der Waals surface area contributed by atoms with Crippen molar-refractivity contribution >= 4 is 26.0 Å². The maximum atomic E-state index is 13.0. The van der Waals surface area contributed by atoms with E-state index in [-0.39, 0.29) is 10.9 Å². The zero-order valence-corrected chi connectivity index (χ0v) is 13.1. The quantitative estimate of drug-likeness (QED) is 0.852. The Bertz CT molecular complexity index is 554. The lowest BCUT2D eigenvalue weighted by atomic mass is 9.96. The summed E-state index contributed by atoms with van der Waals surface area (Å²) in [5.41, 5.74) is 0.432. The minimum absolute atomic E-state index is 0.0248. The van der Waals surface area contributed by atoms with Gasteiger partial charge in [0.1, 0.15) is 5.82 Å². The number of hydrogen-bond acceptors (Lipinski definition) is 2. The molecule has 0 spiro atoms. The van der Waals surface area contributed by atoms with Crippen LogP contribution in [0.5, 0.6) is 0 Å². The maximum Gasteiger partial charge on any atom is 0.241 e. The molecule has 1 aliphatic carbocycles. The molecule has 0 aliphatic heterocycles. The summed E-state index contributed by atoms with van der Waals surface area (Å²) in [5, 5.41) is 0. The van der Waals surface area contributed by atoms with Crippen LogP contribution in [0.15, 0.2) is 23.1 Å². The molecule has 3 nitrogen and oxygen atoms in total. The third-order valence-electron chi connectivity index (χ3n) is 3.41. The molecule has 19 heavy (non-hydrogen) atoms. The Morgan fingerprint density at radius 2 is 1.89 bits per heavy atom. The van der Waals surface area contributed by atoms with Crippen LogP contribution in [0.1, 0.15) is 31.2 Å². The lowest BCUT2D eigenvalue weighted by molar-refractivity contribution is 0.422. The Morgan fingerprint density at radius 1 is 1.26 bits per heavy atom. The standard InChI is InChI=1S/C13H17BrFNO2S/c1-9-8-11(15)4-7-13(9)19(17,18)16-12-5-2-10(14)3-6-12/h4,7-8,10,12,16H,2-3,5-6H2,1H3. The molecule has 1 aromatic carbocycles. The van der Waals surface area contributed by atoms with Crippen molar-refractivity contribution in [3.05, 3.63) is 29.6 Å². The van der Waals surface area contributed by atoms with Crippen LogP contribution in [0.25, 0.3) is 0 Å². The predicted octanol–water partition coefficient (Wildman–Crippen LogP) is 3.12. The van der Waals surface area contributed by atoms with Gasteiger partial charge in [0.15, 0.2) is 0 Å². The Labute approximate surface area is 121 Å². The number of nitrogens with one attached hydrogen (secondary N) is 1. The highest BCUT2D eigenvalue weighted by Gasteiger charge is 2.25. The van der Waals surface area contributed by atoms with Crippen LogP contribution in [0, 0.1) is 12.7 Å². The summed E-state index contributed by atoms with van der Waals surface area (Å²) in [6.07, 6.45) is 3.59. The molecule has 1 saturated carbocycles. The van der Waals surface area contributed by atoms with Crippen molar-refractivity contribution in [2.75, 3.05) is 0 Å². The fraction of sp³-hybridized carbons (Fsp3) is 0.538. The topological polar surface area (TPSA) is 46.2 Å². The number of rotatable bonds is 3. The minimum atomic E-state index is -3.56. The van der Waals surface area contributed by atoms with Gasteiger partial charge >= 0.3 is 0 Å². The van der Waals surface area contributed by atoms with Gasteiger partial charge in [-0.2, -0.15) is 0 Å². The van der Waals surface area contributed by atoms with Gasteiger partial charge in [-0.05, 0) is 56.4 Å². The second-order valence-electron chi connectivity index (χ2n) is 4.98. The number of benzene rings is 1. The molecular weight excluding hydrogens is 333 g/mol. The third kappa shape index (κ3) is 3.77. The second-order valence-corrected chi connectivity index (χ2v) is 7.96. The highest BCUT2D eigenvalue weighted by atomic mass is 79.9. The van der Waals surface area contributed by atoms with Gasteiger partial charge in [-0.1, -0.05) is 15.9 Å². The van der Waals surface area contributed by atoms with E-state index in [1.165, 1.54) is 18.2 Å². The zero-order chi connectivity index (χ0) is 14.0. The zero-order valence-electron chi connectivity index (χ0n) is 10.7. The van der Waals surface area contributed by atoms with E-state index in [4.69, 9.17) is 0 Å². The van der Waals surface area contributed by atoms with Crippen molar-refractivity contribution in [2.24, 2.45) is 0 Å². The molecule has 2 rings (SSSR count). The number of hydrogen-bond donors (Lipinski definition) is 1. The number of sulfonamides is 1. The van der Waals surface area contributed by atoms with Gasteiger partial charge < -0.3 is 0 Å². The molecule has 1 aliphatic rings. The van der Waals surface area contributed by atoms with Gasteiger partial charge in [0, 0.05) is 10.9 Å². The van der Waals surface area contributed by atoms with Crippen molar-refractivity contribution in [2.45, 2.75) is 48.4 Å². The van der Waals surface area contributed by atoms with Crippen LogP contribution < -0.4 is 4.72 Å². The van der Waals surface area contributed by atoms with Gasteiger partial charge in [-0.3, -0.25) is 0 Å². The largest absolute Gasteiger partial charge is 0.241 e. The van der Waals surface area contributed by atoms with Crippen molar-refractivity contribution in [1.82, 2.24) is 4.72 Å². The summed E-state index contributed by atoms with van der Waals surface area (Å²) < 4.78 is 40.3. The first-order chi connectivity index (χ1) is 8.88. The summed E-state index contributed by atoms with van der Waals surface area (Å²) in [6.45, 7) is 1.60. The first-order valence-electron chi connectivity index (χ1n) is 6.31. The summed E-state index contributed by atoms with van der Waals surface area (Å²) in [6, 6.07) is 3.72. The lowest BCUT2D eigenvalue weighted by Gasteiger charge is -2.26. The van der Waals surface area contributed by atoms with E-state index in [0.29, 0.717) is 10.4 Å². The Balaban J connectivity index is 2.14. The average Bonchev–Trinajstić information content (AvgIpc) is 2.31. The number of aryl methyl sites for hydroxylation is 1. The van der Waals surface area contributed by atoms with Gasteiger partial charge in [0.25, 0.3) is 0 Å². The molecule has 0 amide bonds. The molecule has 0 unspecified atom stereocenters. The molecular formula is C13H17BrFNO2S. The highest BCUT2D eigenvalue weighted by Crippen LogP contribution is 2.26. The lowest BCUT2D eigenvalue weighted by Crippen LogP contribution is -2.38. The van der Waals surface area contributed by atoms with E-state index in [9.17, 15) is 12.8 Å². The smallest absolute Gasteiger partial charge is 0.208 e. The Morgan fingerprint density at radius 3 is 2.47 bits per heavy atom. The van der Waals surface area contributed by atoms with Crippen LogP contribution >= 0.6 is 15.9 Å². The summed E-state index contributed by atoms with van der Waals surface area (Å²) in [5.74, 6) is -0.420. The van der Waals surface area contributed by atoms with Crippen LogP contribution in [0.2, 0.25) is 0 Å². The van der Waals surface area contributed by atoms with Gasteiger partial charge in [-0.25, -0.2) is 17.5 Å². The van der Waals surface area contributed by atoms with E-state index >= 15 is 0 Å². The van der Waals surface area contributed by atoms with Crippen molar-refractivity contribution in [1.29, 1.82) is 0 Å². The molecule has 0 atom stereocenters. The predicted molar refractivity (Wildman–Crippen MR) is 76.4 cm³/mol. The van der Waals surface area contributed by atoms with E-state index in [2.05, 4.69) is 20.7 Å². The molecule has 1 aromatic rings. The van der Waals surface area contributed by atoms with Gasteiger partial charge in [0.05, 0.1) is 4.90 Å². The van der Waals surface area contributed by atoms with Crippen LogP contribution in [-0.4, -0.2) is 19.3 Å². The van der Waals surface area contributed by atoms with Crippen LogP contribution in [0.4, 0.5) is 4.39 Å². The SMILES string of the molecule is Cc1cc(F)ccc1S(=O)(=O)NC1CCC(Br)CC1. The molecule has 0 saturated heterocycles. The Hall–Kier alpha value is -0.460. The molecule has 0 heterocycles. The highest BCUT2D eigenvalue weighted by molar-refractivity contribution is 9.09. The van der Waals surface area contributed by atoms with Crippen molar-refractivity contribution in [3.63, 3.8) is 0 Å². The normalized spacial score (nSPS) is 24.4. The van der Waals surface area contributed by atoms with Crippen molar-refractivity contribution in [3.8, 4) is 0 Å². The van der Waals surface area contributed by atoms with Gasteiger partial charge in [0.2, 0.25) is 10.0 Å². The summed E-state index contributed by atoms with van der Waals surface area (Å²) in [4.78, 5) is 0.649. The summed E-state index contributed by atoms with van der Waals surface area (Å²) >= 11 is 3.54. The molecule has 0 aromatic heterocycles. The minimum Gasteiger partial charge on any atom is -0.208 e. The molecule has 6 heteroatoms. The first kappa shape index (κ1) is 14.9. The van der Waals surface area contributed by atoms with E-state index < -0.39 is 15.8 Å². The average molecular weight is 350 g/mol. The number of alkyl halides is 1. The fourth-order valence-corrected chi connectivity index (χ4v) is 4.43. The van der Waals surface area contributed by atoms with Gasteiger partial charge in [-0.15, -0.1) is 0 Å². The molecule has 0 bridgehead atoms.